The molecule has 0 amide bonds. The van der Waals surface area contributed by atoms with Gasteiger partial charge in [0.05, 0.1) is 16.7 Å². The van der Waals surface area contributed by atoms with E-state index in [4.69, 9.17) is 9.98 Å². The number of aliphatic imine (C=N–C) groups is 2. The van der Waals surface area contributed by atoms with E-state index in [0.717, 1.165) is 25.0 Å². The van der Waals surface area contributed by atoms with E-state index < -0.39 is 0 Å². The van der Waals surface area contributed by atoms with Crippen LogP contribution in [-0.2, 0) is 11.0 Å². The Labute approximate surface area is 182 Å². The normalized spacial score (nSPS) is 27.0. The Morgan fingerprint density at radius 2 is 1.83 bits per heavy atom. The fourth-order valence-electron chi connectivity index (χ4n) is 5.37. The molecule has 0 N–H and O–H groups in total. The van der Waals surface area contributed by atoms with Crippen molar-refractivity contribution < 1.29 is 4.57 Å². The zero-order valence-corrected chi connectivity index (χ0v) is 19.5. The molecule has 0 radical (unpaired) electrons. The second kappa shape index (κ2) is 7.76. The lowest BCUT2D eigenvalue weighted by Gasteiger charge is -2.46. The summed E-state index contributed by atoms with van der Waals surface area (Å²) in [5.41, 5.74) is 7.87. The first-order valence-electron chi connectivity index (χ1n) is 11.7. The number of pyridine rings is 1. The van der Waals surface area contributed by atoms with Gasteiger partial charge in [-0.1, -0.05) is 39.3 Å². The second-order valence-electron chi connectivity index (χ2n) is 9.45. The SMILES string of the molecule is CCCCC1=NC(c2ccc3c(c2)-c2cc(C)cc[n+]2C(C)(CC)C3(C)CC)N=C1. The highest BCUT2D eigenvalue weighted by atomic mass is 15.1. The number of benzene rings is 1. The van der Waals surface area contributed by atoms with E-state index in [-0.39, 0.29) is 17.1 Å². The molecule has 0 saturated carbocycles. The minimum absolute atomic E-state index is 0.0380. The molecule has 2 aliphatic heterocycles. The third-order valence-electron chi connectivity index (χ3n) is 7.88. The molecule has 3 heteroatoms. The standard InChI is InChI=1S/C27H36N3/c1-7-10-11-21-18-28-25(29-21)20-12-13-23-22(17-20)24-16-19(4)14-15-30(24)27(6,9-3)26(23,5)8-2/h12-18,25H,7-11H2,1-6H3/q+1. The summed E-state index contributed by atoms with van der Waals surface area (Å²) in [6, 6.07) is 11.6. The van der Waals surface area contributed by atoms with Crippen molar-refractivity contribution in [2.24, 2.45) is 9.98 Å². The van der Waals surface area contributed by atoms with E-state index in [1.165, 1.54) is 40.8 Å². The van der Waals surface area contributed by atoms with Crippen molar-refractivity contribution in [3.05, 3.63) is 53.2 Å². The number of nitrogens with zero attached hydrogens (tertiary/aromatic N) is 3. The summed E-state index contributed by atoms with van der Waals surface area (Å²) in [7, 11) is 0. The first-order chi connectivity index (χ1) is 14.4. The van der Waals surface area contributed by atoms with Crippen LogP contribution in [0.1, 0.15) is 89.6 Å². The minimum Gasteiger partial charge on any atom is -0.260 e. The van der Waals surface area contributed by atoms with E-state index in [0.29, 0.717) is 0 Å². The van der Waals surface area contributed by atoms with Crippen molar-refractivity contribution in [2.45, 2.75) is 90.8 Å². The molecule has 3 heterocycles. The summed E-state index contributed by atoms with van der Waals surface area (Å²) >= 11 is 0. The van der Waals surface area contributed by atoms with Gasteiger partial charge in [0.2, 0.25) is 5.69 Å². The molecule has 0 saturated heterocycles. The van der Waals surface area contributed by atoms with Gasteiger partial charge in [-0.05, 0) is 55.9 Å². The maximum absolute atomic E-state index is 4.91. The molecule has 3 atom stereocenters. The van der Waals surface area contributed by atoms with Crippen LogP contribution in [-0.4, -0.2) is 11.9 Å². The smallest absolute Gasteiger partial charge is 0.213 e. The zero-order valence-electron chi connectivity index (χ0n) is 19.5. The largest absolute Gasteiger partial charge is 0.260 e. The first-order valence-corrected chi connectivity index (χ1v) is 11.7. The summed E-state index contributed by atoms with van der Waals surface area (Å²) in [6.07, 6.45) is 9.78. The van der Waals surface area contributed by atoms with Gasteiger partial charge in [0.1, 0.15) is 0 Å². The molecule has 3 nitrogen and oxygen atoms in total. The van der Waals surface area contributed by atoms with Crippen molar-refractivity contribution >= 4 is 11.9 Å². The lowest BCUT2D eigenvalue weighted by molar-refractivity contribution is -0.765. The molecule has 2 aliphatic rings. The van der Waals surface area contributed by atoms with Crippen LogP contribution in [0.25, 0.3) is 11.3 Å². The van der Waals surface area contributed by atoms with Gasteiger partial charge < -0.3 is 0 Å². The Bertz CT molecular complexity index is 1020. The second-order valence-corrected chi connectivity index (χ2v) is 9.45. The van der Waals surface area contributed by atoms with E-state index >= 15 is 0 Å². The quantitative estimate of drug-likeness (QED) is 0.495. The summed E-state index contributed by atoms with van der Waals surface area (Å²) in [5.74, 6) is 0. The van der Waals surface area contributed by atoms with Gasteiger partial charge in [0.25, 0.3) is 0 Å². The molecular weight excluding hydrogens is 366 g/mol. The monoisotopic (exact) mass is 402 g/mol. The van der Waals surface area contributed by atoms with Crippen LogP contribution in [0.2, 0.25) is 0 Å². The summed E-state index contributed by atoms with van der Waals surface area (Å²) < 4.78 is 2.53. The van der Waals surface area contributed by atoms with Crippen molar-refractivity contribution in [2.75, 3.05) is 0 Å². The zero-order chi connectivity index (χ0) is 21.5. The van der Waals surface area contributed by atoms with Crippen LogP contribution in [0.5, 0.6) is 0 Å². The number of aryl methyl sites for hydroxylation is 1. The van der Waals surface area contributed by atoms with Crippen LogP contribution in [0.4, 0.5) is 0 Å². The van der Waals surface area contributed by atoms with E-state index in [2.05, 4.69) is 82.6 Å². The average Bonchev–Trinajstić information content (AvgIpc) is 3.24. The Morgan fingerprint density at radius 3 is 2.53 bits per heavy atom. The number of unbranched alkanes of at least 4 members (excludes halogenated alkanes) is 1. The predicted molar refractivity (Wildman–Crippen MR) is 127 cm³/mol. The number of aromatic nitrogens is 1. The lowest BCUT2D eigenvalue weighted by atomic mass is 9.60. The maximum Gasteiger partial charge on any atom is 0.213 e. The van der Waals surface area contributed by atoms with Crippen LogP contribution < -0.4 is 4.57 Å². The molecule has 1 aromatic carbocycles. The molecular formula is C27H36N3+. The van der Waals surface area contributed by atoms with Crippen LogP contribution in [0.3, 0.4) is 0 Å². The molecule has 0 fully saturated rings. The van der Waals surface area contributed by atoms with E-state index in [1.807, 2.05) is 6.21 Å². The molecule has 1 aromatic heterocycles. The molecule has 2 aromatic rings. The van der Waals surface area contributed by atoms with Crippen molar-refractivity contribution in [3.63, 3.8) is 0 Å². The van der Waals surface area contributed by atoms with Gasteiger partial charge in [0, 0.05) is 31.7 Å². The van der Waals surface area contributed by atoms with Gasteiger partial charge in [-0.25, -0.2) is 0 Å². The van der Waals surface area contributed by atoms with Gasteiger partial charge >= 0.3 is 0 Å². The topological polar surface area (TPSA) is 28.6 Å². The van der Waals surface area contributed by atoms with Crippen LogP contribution in [0.15, 0.2) is 46.5 Å². The number of fused-ring (bicyclic) bond motifs is 3. The number of rotatable bonds is 6. The average molecular weight is 403 g/mol. The molecule has 30 heavy (non-hydrogen) atoms. The minimum atomic E-state index is -0.0900. The molecule has 0 bridgehead atoms. The third kappa shape index (κ3) is 3.05. The fraction of sp³-hybridized carbons (Fsp3) is 0.519. The lowest BCUT2D eigenvalue weighted by Crippen LogP contribution is -2.67. The number of hydrogen-bond acceptors (Lipinski definition) is 2. The van der Waals surface area contributed by atoms with Crippen molar-refractivity contribution in [3.8, 4) is 11.3 Å². The highest BCUT2D eigenvalue weighted by Gasteiger charge is 2.56. The molecule has 3 unspecified atom stereocenters. The highest BCUT2D eigenvalue weighted by molar-refractivity contribution is 6.31. The van der Waals surface area contributed by atoms with Gasteiger partial charge in [-0.15, -0.1) is 0 Å². The Kier molecular flexibility index (Phi) is 5.42. The van der Waals surface area contributed by atoms with Crippen LogP contribution >= 0.6 is 0 Å². The van der Waals surface area contributed by atoms with Gasteiger partial charge in [-0.2, -0.15) is 4.57 Å². The molecule has 0 spiro atoms. The van der Waals surface area contributed by atoms with E-state index in [9.17, 15) is 0 Å². The molecule has 0 aliphatic carbocycles. The summed E-state index contributed by atoms with van der Waals surface area (Å²) in [4.78, 5) is 9.64. The maximum atomic E-state index is 4.91. The number of hydrogen-bond donors (Lipinski definition) is 0. The summed E-state index contributed by atoms with van der Waals surface area (Å²) in [6.45, 7) is 13.9. The van der Waals surface area contributed by atoms with Crippen molar-refractivity contribution in [1.82, 2.24) is 0 Å². The predicted octanol–water partition coefficient (Wildman–Crippen LogP) is 6.47. The Balaban J connectivity index is 1.86. The molecule has 158 valence electrons. The van der Waals surface area contributed by atoms with Crippen LogP contribution in [0, 0.1) is 6.92 Å². The fourth-order valence-corrected chi connectivity index (χ4v) is 5.37. The first kappa shape index (κ1) is 21.0. The molecule has 4 rings (SSSR count). The third-order valence-corrected chi connectivity index (χ3v) is 7.88. The highest BCUT2D eigenvalue weighted by Crippen LogP contribution is 2.50. The van der Waals surface area contributed by atoms with Gasteiger partial charge in [-0.3, -0.25) is 9.98 Å². The Hall–Kier alpha value is -2.29. The van der Waals surface area contributed by atoms with E-state index in [1.54, 1.807) is 0 Å². The summed E-state index contributed by atoms with van der Waals surface area (Å²) in [5, 5.41) is 0. The van der Waals surface area contributed by atoms with Gasteiger partial charge in [0.15, 0.2) is 17.9 Å². The van der Waals surface area contributed by atoms with Crippen molar-refractivity contribution in [1.29, 1.82) is 0 Å². The Morgan fingerprint density at radius 1 is 1.03 bits per heavy atom.